The molecule has 2 aromatic rings. The second-order valence-corrected chi connectivity index (χ2v) is 4.62. The Bertz CT molecular complexity index is 511. The molecular weight excluding hydrogens is 263 g/mol. The van der Waals surface area contributed by atoms with Gasteiger partial charge in [0.2, 0.25) is 5.95 Å². The molecule has 7 heteroatoms. The fraction of sp³-hybridized carbons (Fsp3) is 0.273. The largest absolute Gasteiger partial charge is 0.433 e. The fourth-order valence-corrected chi connectivity index (χ4v) is 2.12. The zero-order valence-electron chi connectivity index (χ0n) is 9.40. The molecule has 1 unspecified atom stereocenters. The smallest absolute Gasteiger partial charge is 0.347 e. The molecule has 0 aliphatic rings. The number of aromatic nitrogens is 2. The van der Waals surface area contributed by atoms with Crippen molar-refractivity contribution in [2.24, 2.45) is 0 Å². The third kappa shape index (κ3) is 2.98. The molecule has 96 valence electrons. The van der Waals surface area contributed by atoms with Crippen LogP contribution in [0.1, 0.15) is 23.5 Å². The number of anilines is 1. The number of hydrogen-bond acceptors (Lipinski definition) is 4. The van der Waals surface area contributed by atoms with Crippen molar-refractivity contribution in [3.63, 3.8) is 0 Å². The van der Waals surface area contributed by atoms with Gasteiger partial charge in [0, 0.05) is 11.1 Å². The highest BCUT2D eigenvalue weighted by Crippen LogP contribution is 2.28. The molecule has 1 atom stereocenters. The highest BCUT2D eigenvalue weighted by molar-refractivity contribution is 7.10. The van der Waals surface area contributed by atoms with E-state index in [1.165, 1.54) is 11.3 Å². The lowest BCUT2D eigenvalue weighted by Gasteiger charge is -2.13. The van der Waals surface area contributed by atoms with Crippen LogP contribution in [0.25, 0.3) is 0 Å². The summed E-state index contributed by atoms with van der Waals surface area (Å²) in [7, 11) is 0. The summed E-state index contributed by atoms with van der Waals surface area (Å²) in [4.78, 5) is 8.25. The summed E-state index contributed by atoms with van der Waals surface area (Å²) >= 11 is 1.52. The van der Waals surface area contributed by atoms with Gasteiger partial charge in [-0.2, -0.15) is 13.2 Å². The maximum absolute atomic E-state index is 12.5. The van der Waals surface area contributed by atoms with E-state index in [0.29, 0.717) is 0 Å². The van der Waals surface area contributed by atoms with Crippen molar-refractivity contribution in [2.45, 2.75) is 19.1 Å². The Morgan fingerprint density at radius 2 is 2.11 bits per heavy atom. The predicted molar refractivity (Wildman–Crippen MR) is 63.4 cm³/mol. The number of alkyl halides is 3. The van der Waals surface area contributed by atoms with E-state index in [1.807, 2.05) is 24.4 Å². The van der Waals surface area contributed by atoms with E-state index in [1.54, 1.807) is 0 Å². The lowest BCUT2D eigenvalue weighted by Crippen LogP contribution is -2.13. The molecule has 1 N–H and O–H groups in total. The molecule has 0 saturated heterocycles. The molecule has 0 saturated carbocycles. The second kappa shape index (κ2) is 4.93. The number of nitrogens with zero attached hydrogens (tertiary/aromatic N) is 2. The van der Waals surface area contributed by atoms with Crippen LogP contribution in [0.4, 0.5) is 19.1 Å². The van der Waals surface area contributed by atoms with Gasteiger partial charge in [0.25, 0.3) is 0 Å². The van der Waals surface area contributed by atoms with Crippen molar-refractivity contribution in [3.05, 3.63) is 40.3 Å². The van der Waals surface area contributed by atoms with Crippen LogP contribution >= 0.6 is 11.3 Å². The zero-order chi connectivity index (χ0) is 13.2. The standard InChI is InChI=1S/C11H10F3N3S/c1-7(8-3-2-6-18-8)16-10-15-5-4-9(17-10)11(12,13)14/h2-7H,1H3,(H,15,16,17). The fourth-order valence-electron chi connectivity index (χ4n) is 1.39. The zero-order valence-corrected chi connectivity index (χ0v) is 10.2. The van der Waals surface area contributed by atoms with Crippen LogP contribution in [-0.2, 0) is 6.18 Å². The van der Waals surface area contributed by atoms with Gasteiger partial charge < -0.3 is 5.32 Å². The van der Waals surface area contributed by atoms with Crippen LogP contribution in [0.5, 0.6) is 0 Å². The van der Waals surface area contributed by atoms with Crippen molar-refractivity contribution in [3.8, 4) is 0 Å². The van der Waals surface area contributed by atoms with Crippen molar-refractivity contribution in [1.82, 2.24) is 9.97 Å². The van der Waals surface area contributed by atoms with E-state index in [2.05, 4.69) is 15.3 Å². The third-order valence-corrected chi connectivity index (χ3v) is 3.32. The van der Waals surface area contributed by atoms with Crippen molar-refractivity contribution in [2.75, 3.05) is 5.32 Å². The molecule has 0 spiro atoms. The molecule has 2 aromatic heterocycles. The molecule has 0 aliphatic heterocycles. The van der Waals surface area contributed by atoms with Gasteiger partial charge in [-0.05, 0) is 24.4 Å². The van der Waals surface area contributed by atoms with E-state index in [0.717, 1.165) is 17.1 Å². The summed E-state index contributed by atoms with van der Waals surface area (Å²) < 4.78 is 37.4. The molecule has 2 heterocycles. The van der Waals surface area contributed by atoms with Crippen LogP contribution in [0.3, 0.4) is 0 Å². The van der Waals surface area contributed by atoms with Gasteiger partial charge in [0.15, 0.2) is 0 Å². The summed E-state index contributed by atoms with van der Waals surface area (Å²) in [6.45, 7) is 1.84. The highest BCUT2D eigenvalue weighted by atomic mass is 32.1. The van der Waals surface area contributed by atoms with Gasteiger partial charge in [-0.1, -0.05) is 6.07 Å². The van der Waals surface area contributed by atoms with Gasteiger partial charge >= 0.3 is 6.18 Å². The molecule has 0 bridgehead atoms. The first-order valence-electron chi connectivity index (χ1n) is 5.17. The van der Waals surface area contributed by atoms with Gasteiger partial charge in [-0.25, -0.2) is 9.97 Å². The monoisotopic (exact) mass is 273 g/mol. The van der Waals surface area contributed by atoms with Crippen LogP contribution in [0, 0.1) is 0 Å². The number of thiophene rings is 1. The van der Waals surface area contributed by atoms with E-state index < -0.39 is 11.9 Å². The summed E-state index contributed by atoms with van der Waals surface area (Å²) in [5.74, 6) is -0.0225. The molecule has 18 heavy (non-hydrogen) atoms. The molecule has 0 aromatic carbocycles. The third-order valence-electron chi connectivity index (χ3n) is 2.26. The van der Waals surface area contributed by atoms with E-state index >= 15 is 0 Å². The van der Waals surface area contributed by atoms with Crippen molar-refractivity contribution >= 4 is 17.3 Å². The number of halogens is 3. The SMILES string of the molecule is CC(Nc1nccc(C(F)(F)F)n1)c1cccs1. The number of nitrogens with one attached hydrogen (secondary N) is 1. The van der Waals surface area contributed by atoms with Gasteiger partial charge in [-0.15, -0.1) is 11.3 Å². The minimum absolute atomic E-state index is 0.0225. The predicted octanol–water partition coefficient (Wildman–Crippen LogP) is 3.73. The van der Waals surface area contributed by atoms with E-state index in [4.69, 9.17) is 0 Å². The summed E-state index contributed by atoms with van der Waals surface area (Å²) in [6.07, 6.45) is -3.36. The number of rotatable bonds is 3. The highest BCUT2D eigenvalue weighted by Gasteiger charge is 2.32. The average molecular weight is 273 g/mol. The Morgan fingerprint density at radius 3 is 2.72 bits per heavy atom. The maximum Gasteiger partial charge on any atom is 0.433 e. The normalized spacial score (nSPS) is 13.3. The first-order valence-corrected chi connectivity index (χ1v) is 6.05. The number of hydrogen-bond donors (Lipinski definition) is 1. The lowest BCUT2D eigenvalue weighted by molar-refractivity contribution is -0.141. The molecule has 3 nitrogen and oxygen atoms in total. The quantitative estimate of drug-likeness (QED) is 0.926. The maximum atomic E-state index is 12.5. The summed E-state index contributed by atoms with van der Waals surface area (Å²) in [5.41, 5.74) is -0.946. The molecule has 0 fully saturated rings. The Hall–Kier alpha value is -1.63. The Balaban J connectivity index is 2.15. The Labute approximate surface area is 106 Å². The molecule has 0 amide bonds. The summed E-state index contributed by atoms with van der Waals surface area (Å²) in [5, 5.41) is 4.75. The van der Waals surface area contributed by atoms with Gasteiger partial charge in [0.1, 0.15) is 5.69 Å². The van der Waals surface area contributed by atoms with Gasteiger partial charge in [0.05, 0.1) is 6.04 Å². The van der Waals surface area contributed by atoms with Crippen LogP contribution in [0.2, 0.25) is 0 Å². The van der Waals surface area contributed by atoms with Crippen LogP contribution < -0.4 is 5.32 Å². The van der Waals surface area contributed by atoms with Crippen molar-refractivity contribution in [1.29, 1.82) is 0 Å². The topological polar surface area (TPSA) is 37.8 Å². The average Bonchev–Trinajstić information content (AvgIpc) is 2.81. The molecule has 0 radical (unpaired) electrons. The van der Waals surface area contributed by atoms with Crippen molar-refractivity contribution < 1.29 is 13.2 Å². The van der Waals surface area contributed by atoms with E-state index in [-0.39, 0.29) is 12.0 Å². The first kappa shape index (κ1) is 12.8. The molecule has 0 aliphatic carbocycles. The minimum atomic E-state index is -4.45. The first-order chi connectivity index (χ1) is 8.47. The minimum Gasteiger partial charge on any atom is -0.347 e. The van der Waals surface area contributed by atoms with Gasteiger partial charge in [-0.3, -0.25) is 0 Å². The van der Waals surface area contributed by atoms with Crippen LogP contribution in [-0.4, -0.2) is 9.97 Å². The molecular formula is C11H10F3N3S. The molecule has 2 rings (SSSR count). The Kier molecular flexibility index (Phi) is 3.51. The second-order valence-electron chi connectivity index (χ2n) is 3.64. The lowest BCUT2D eigenvalue weighted by atomic mass is 10.3. The van der Waals surface area contributed by atoms with E-state index in [9.17, 15) is 13.2 Å². The van der Waals surface area contributed by atoms with Crippen LogP contribution in [0.15, 0.2) is 29.8 Å². The summed E-state index contributed by atoms with van der Waals surface area (Å²) in [6, 6.07) is 4.50. The Morgan fingerprint density at radius 1 is 1.33 bits per heavy atom.